The summed E-state index contributed by atoms with van der Waals surface area (Å²) in [6.45, 7) is 3.55. The molecular weight excluding hydrogens is 272 g/mol. The molecule has 0 bridgehead atoms. The molecule has 2 aliphatic rings. The van der Waals surface area contributed by atoms with Gasteiger partial charge in [-0.3, -0.25) is 4.79 Å². The third-order valence-corrected chi connectivity index (χ3v) is 4.69. The van der Waals surface area contributed by atoms with Crippen molar-refractivity contribution in [1.29, 1.82) is 0 Å². The molecule has 0 aromatic heterocycles. The first-order valence-electron chi connectivity index (χ1n) is 7.94. The minimum absolute atomic E-state index is 0.0262. The van der Waals surface area contributed by atoms with Crippen molar-refractivity contribution in [3.8, 4) is 0 Å². The Morgan fingerprint density at radius 1 is 1.19 bits per heavy atom. The first kappa shape index (κ1) is 16.1. The highest BCUT2D eigenvalue weighted by Gasteiger charge is 2.28. The molecule has 0 aromatic carbocycles. The largest absolute Gasteiger partial charge is 0.481 e. The zero-order chi connectivity index (χ0) is 15.2. The van der Waals surface area contributed by atoms with E-state index in [0.29, 0.717) is 18.8 Å². The van der Waals surface area contributed by atoms with Crippen LogP contribution in [0.5, 0.6) is 0 Å². The number of ether oxygens (including phenoxy) is 1. The van der Waals surface area contributed by atoms with E-state index in [1.807, 2.05) is 6.92 Å². The van der Waals surface area contributed by atoms with Crippen LogP contribution in [0.15, 0.2) is 0 Å². The smallest absolute Gasteiger partial charge is 0.315 e. The summed E-state index contributed by atoms with van der Waals surface area (Å²) >= 11 is 0. The lowest BCUT2D eigenvalue weighted by molar-refractivity contribution is -0.143. The van der Waals surface area contributed by atoms with Crippen LogP contribution in [0.2, 0.25) is 0 Å². The molecule has 2 fully saturated rings. The number of carboxylic acid groups (broad SMARTS) is 1. The van der Waals surface area contributed by atoms with Crippen LogP contribution >= 0.6 is 0 Å². The third-order valence-electron chi connectivity index (χ3n) is 4.69. The minimum Gasteiger partial charge on any atom is -0.481 e. The summed E-state index contributed by atoms with van der Waals surface area (Å²) in [7, 11) is 0. The van der Waals surface area contributed by atoms with Gasteiger partial charge in [0.05, 0.1) is 5.92 Å². The molecule has 0 spiro atoms. The van der Waals surface area contributed by atoms with Gasteiger partial charge in [0.1, 0.15) is 0 Å². The lowest BCUT2D eigenvalue weighted by Gasteiger charge is -2.31. The molecule has 1 aliphatic heterocycles. The number of urea groups is 1. The van der Waals surface area contributed by atoms with Gasteiger partial charge in [-0.15, -0.1) is 0 Å². The molecule has 2 amide bonds. The maximum absolute atomic E-state index is 12.0. The summed E-state index contributed by atoms with van der Waals surface area (Å²) in [6, 6.07) is -0.0838. The Hall–Kier alpha value is -1.30. The minimum atomic E-state index is -0.752. The highest BCUT2D eigenvalue weighted by molar-refractivity contribution is 5.75. The van der Waals surface area contributed by atoms with Gasteiger partial charge in [-0.1, -0.05) is 6.42 Å². The second kappa shape index (κ2) is 7.64. The standard InChI is InChI=1S/C15H26N2O4/c1-10(11-5-7-21-8-6-11)16-15(20)17-13-4-2-3-12(9-13)14(18)19/h10-13H,2-9H2,1H3,(H,18,19)(H2,16,17,20). The number of carbonyl (C=O) groups excluding carboxylic acids is 1. The Bertz CT molecular complexity index is 369. The molecule has 3 unspecified atom stereocenters. The van der Waals surface area contributed by atoms with Crippen LogP contribution in [0.1, 0.15) is 45.4 Å². The summed E-state index contributed by atoms with van der Waals surface area (Å²) in [4.78, 5) is 23.1. The summed E-state index contributed by atoms with van der Waals surface area (Å²) in [6.07, 6.45) is 4.93. The predicted molar refractivity (Wildman–Crippen MR) is 78.1 cm³/mol. The molecule has 21 heavy (non-hydrogen) atoms. The number of nitrogens with one attached hydrogen (secondary N) is 2. The summed E-state index contributed by atoms with van der Waals surface area (Å²) in [5.41, 5.74) is 0. The molecule has 3 atom stereocenters. The van der Waals surface area contributed by atoms with E-state index < -0.39 is 5.97 Å². The fourth-order valence-corrected chi connectivity index (χ4v) is 3.31. The number of amides is 2. The molecular formula is C15H26N2O4. The van der Waals surface area contributed by atoms with E-state index in [2.05, 4.69) is 10.6 Å². The van der Waals surface area contributed by atoms with Crippen molar-refractivity contribution in [1.82, 2.24) is 10.6 Å². The van der Waals surface area contributed by atoms with Crippen molar-refractivity contribution in [2.75, 3.05) is 13.2 Å². The third kappa shape index (κ3) is 4.88. The van der Waals surface area contributed by atoms with Crippen LogP contribution in [0.25, 0.3) is 0 Å². The Balaban J connectivity index is 1.74. The predicted octanol–water partition coefficient (Wildman–Crippen LogP) is 1.74. The van der Waals surface area contributed by atoms with Gasteiger partial charge in [0, 0.05) is 25.3 Å². The number of hydrogen-bond donors (Lipinski definition) is 3. The second-order valence-electron chi connectivity index (χ2n) is 6.25. The molecule has 120 valence electrons. The number of carboxylic acids is 1. The van der Waals surface area contributed by atoms with Crippen LogP contribution in [-0.2, 0) is 9.53 Å². The molecule has 1 saturated carbocycles. The fourth-order valence-electron chi connectivity index (χ4n) is 3.31. The van der Waals surface area contributed by atoms with Gasteiger partial charge in [0.2, 0.25) is 0 Å². The molecule has 1 aliphatic carbocycles. The van der Waals surface area contributed by atoms with E-state index in [1.165, 1.54) is 0 Å². The summed E-state index contributed by atoms with van der Waals surface area (Å²) < 4.78 is 5.33. The lowest BCUT2D eigenvalue weighted by Crippen LogP contribution is -2.49. The second-order valence-corrected chi connectivity index (χ2v) is 6.25. The van der Waals surface area contributed by atoms with Crippen LogP contribution in [0.4, 0.5) is 4.79 Å². The van der Waals surface area contributed by atoms with Crippen molar-refractivity contribution in [3.63, 3.8) is 0 Å². The molecule has 6 nitrogen and oxygen atoms in total. The van der Waals surface area contributed by atoms with Crippen molar-refractivity contribution < 1.29 is 19.4 Å². The van der Waals surface area contributed by atoms with Crippen LogP contribution < -0.4 is 10.6 Å². The van der Waals surface area contributed by atoms with Gasteiger partial charge in [-0.05, 0) is 44.9 Å². The van der Waals surface area contributed by atoms with Crippen LogP contribution in [-0.4, -0.2) is 42.4 Å². The van der Waals surface area contributed by atoms with Crippen molar-refractivity contribution in [3.05, 3.63) is 0 Å². The zero-order valence-corrected chi connectivity index (χ0v) is 12.6. The topological polar surface area (TPSA) is 87.7 Å². The molecule has 0 aromatic rings. The molecule has 0 radical (unpaired) electrons. The van der Waals surface area contributed by atoms with Crippen LogP contribution in [0.3, 0.4) is 0 Å². The highest BCUT2D eigenvalue weighted by atomic mass is 16.5. The maximum Gasteiger partial charge on any atom is 0.315 e. The summed E-state index contributed by atoms with van der Waals surface area (Å²) in [5, 5.41) is 15.0. The number of carbonyl (C=O) groups is 2. The normalized spacial score (nSPS) is 28.6. The van der Waals surface area contributed by atoms with Gasteiger partial charge in [0.25, 0.3) is 0 Å². The van der Waals surface area contributed by atoms with E-state index in [9.17, 15) is 9.59 Å². The Morgan fingerprint density at radius 3 is 2.57 bits per heavy atom. The Kier molecular flexibility index (Phi) is 5.85. The van der Waals surface area contributed by atoms with Crippen LogP contribution in [0, 0.1) is 11.8 Å². The quantitative estimate of drug-likeness (QED) is 0.738. The highest BCUT2D eigenvalue weighted by Crippen LogP contribution is 2.24. The maximum atomic E-state index is 12.0. The van der Waals surface area contributed by atoms with Gasteiger partial charge in [0.15, 0.2) is 0 Å². The molecule has 2 rings (SSSR count). The van der Waals surface area contributed by atoms with Gasteiger partial charge >= 0.3 is 12.0 Å². The van der Waals surface area contributed by atoms with Gasteiger partial charge in [-0.25, -0.2) is 4.79 Å². The van der Waals surface area contributed by atoms with E-state index in [4.69, 9.17) is 9.84 Å². The SMILES string of the molecule is CC(NC(=O)NC1CCCC(C(=O)O)C1)C1CCOCC1. The first-order valence-corrected chi connectivity index (χ1v) is 7.94. The van der Waals surface area contributed by atoms with E-state index >= 15 is 0 Å². The molecule has 1 heterocycles. The molecule has 3 N–H and O–H groups in total. The fraction of sp³-hybridized carbons (Fsp3) is 0.867. The van der Waals surface area contributed by atoms with E-state index in [1.54, 1.807) is 0 Å². The zero-order valence-electron chi connectivity index (χ0n) is 12.6. The summed E-state index contributed by atoms with van der Waals surface area (Å²) in [5.74, 6) is -0.614. The van der Waals surface area contributed by atoms with Crippen molar-refractivity contribution in [2.24, 2.45) is 11.8 Å². The number of rotatable bonds is 4. The van der Waals surface area contributed by atoms with Crippen molar-refractivity contribution >= 4 is 12.0 Å². The van der Waals surface area contributed by atoms with E-state index in [-0.39, 0.29) is 24.0 Å². The van der Waals surface area contributed by atoms with E-state index in [0.717, 1.165) is 38.9 Å². The van der Waals surface area contributed by atoms with Gasteiger partial charge < -0.3 is 20.5 Å². The number of hydrogen-bond acceptors (Lipinski definition) is 3. The average Bonchev–Trinajstić information content (AvgIpc) is 2.48. The Morgan fingerprint density at radius 2 is 1.90 bits per heavy atom. The monoisotopic (exact) mass is 298 g/mol. The Labute approximate surface area is 125 Å². The lowest BCUT2D eigenvalue weighted by atomic mass is 9.86. The molecule has 1 saturated heterocycles. The average molecular weight is 298 g/mol. The first-order chi connectivity index (χ1) is 10.1. The van der Waals surface area contributed by atoms with Crippen molar-refractivity contribution in [2.45, 2.75) is 57.5 Å². The number of aliphatic carboxylic acids is 1. The van der Waals surface area contributed by atoms with Gasteiger partial charge in [-0.2, -0.15) is 0 Å². The molecule has 6 heteroatoms.